The number of hydrogen-bond donors (Lipinski definition) is 1. The molecule has 1 fully saturated rings. The second-order valence-corrected chi connectivity index (χ2v) is 6.99. The molecule has 1 saturated carbocycles. The summed E-state index contributed by atoms with van der Waals surface area (Å²) in [5.41, 5.74) is 2.12. The Kier molecular flexibility index (Phi) is 3.63. The third kappa shape index (κ3) is 2.83. The average Bonchev–Trinajstić information content (AvgIpc) is 3.23. The zero-order valence-corrected chi connectivity index (χ0v) is 14.9. The van der Waals surface area contributed by atoms with Crippen LogP contribution in [-0.4, -0.2) is 29.8 Å². The van der Waals surface area contributed by atoms with E-state index in [9.17, 15) is 4.79 Å². The standard InChI is InChI=1S/C21H19N3O3/c1-26-19-10-17-15(11-22-23-17)8-16(19)21(25)24(12-13-6-7-13)20-9-14-4-2-3-5-18(14)27-20/h2-5,8-11,13H,6-7,12H2,1H3,(H,22,23). The van der Waals surface area contributed by atoms with Gasteiger partial charge in [-0.15, -0.1) is 0 Å². The molecule has 0 unspecified atom stereocenters. The Hall–Kier alpha value is -3.28. The first-order valence-corrected chi connectivity index (χ1v) is 9.04. The lowest BCUT2D eigenvalue weighted by molar-refractivity contribution is 0.0979. The SMILES string of the molecule is COc1cc2[nH]ncc2cc1C(=O)N(CC1CC1)c1cc2ccccc2o1. The zero-order valence-electron chi connectivity index (χ0n) is 14.9. The molecule has 1 amide bonds. The molecule has 6 nitrogen and oxygen atoms in total. The van der Waals surface area contributed by atoms with Crippen LogP contribution in [0.1, 0.15) is 23.2 Å². The topological polar surface area (TPSA) is 71.4 Å². The van der Waals surface area contributed by atoms with Gasteiger partial charge < -0.3 is 9.15 Å². The van der Waals surface area contributed by atoms with Gasteiger partial charge in [0.1, 0.15) is 11.3 Å². The molecule has 2 aromatic carbocycles. The third-order valence-electron chi connectivity index (χ3n) is 5.05. The lowest BCUT2D eigenvalue weighted by Crippen LogP contribution is -2.32. The van der Waals surface area contributed by atoms with Gasteiger partial charge >= 0.3 is 0 Å². The number of hydrogen-bond acceptors (Lipinski definition) is 4. The number of nitrogens with zero attached hydrogens (tertiary/aromatic N) is 2. The van der Waals surface area contributed by atoms with Crippen LogP contribution in [-0.2, 0) is 0 Å². The molecule has 0 spiro atoms. The largest absolute Gasteiger partial charge is 0.496 e. The number of para-hydroxylation sites is 1. The molecule has 1 N–H and O–H groups in total. The molecule has 136 valence electrons. The summed E-state index contributed by atoms with van der Waals surface area (Å²) in [6, 6.07) is 13.4. The Labute approximate surface area is 155 Å². The van der Waals surface area contributed by atoms with Crippen molar-refractivity contribution >= 4 is 33.7 Å². The summed E-state index contributed by atoms with van der Waals surface area (Å²) >= 11 is 0. The van der Waals surface area contributed by atoms with Crippen LogP contribution in [0.15, 0.2) is 53.1 Å². The number of aromatic amines is 1. The fourth-order valence-electron chi connectivity index (χ4n) is 3.39. The van der Waals surface area contributed by atoms with Gasteiger partial charge in [0.05, 0.1) is 24.4 Å². The molecule has 0 atom stereocenters. The molecule has 1 aliphatic carbocycles. The van der Waals surface area contributed by atoms with Crippen LogP contribution in [0.4, 0.5) is 5.88 Å². The van der Waals surface area contributed by atoms with Crippen LogP contribution >= 0.6 is 0 Å². The van der Waals surface area contributed by atoms with Gasteiger partial charge in [-0.05, 0) is 30.9 Å². The predicted octanol–water partition coefficient (Wildman–Crippen LogP) is 4.37. The number of furan rings is 1. The smallest absolute Gasteiger partial charge is 0.264 e. The number of benzene rings is 2. The van der Waals surface area contributed by atoms with Gasteiger partial charge in [0.15, 0.2) is 0 Å². The minimum atomic E-state index is -0.124. The Bertz CT molecular complexity index is 1110. The second kappa shape index (κ2) is 6.16. The Morgan fingerprint density at radius 1 is 1.26 bits per heavy atom. The minimum absolute atomic E-state index is 0.124. The van der Waals surface area contributed by atoms with Crippen molar-refractivity contribution in [2.45, 2.75) is 12.8 Å². The Morgan fingerprint density at radius 2 is 2.11 bits per heavy atom. The minimum Gasteiger partial charge on any atom is -0.496 e. The van der Waals surface area contributed by atoms with Crippen LogP contribution in [0.25, 0.3) is 21.9 Å². The first-order valence-electron chi connectivity index (χ1n) is 9.04. The highest BCUT2D eigenvalue weighted by Gasteiger charge is 2.31. The number of aromatic nitrogens is 2. The van der Waals surface area contributed by atoms with Crippen molar-refractivity contribution in [3.8, 4) is 5.75 Å². The molecular formula is C21H19N3O3. The maximum atomic E-state index is 13.5. The van der Waals surface area contributed by atoms with E-state index in [1.54, 1.807) is 18.2 Å². The summed E-state index contributed by atoms with van der Waals surface area (Å²) in [6.45, 7) is 0.644. The highest BCUT2D eigenvalue weighted by molar-refractivity contribution is 6.10. The van der Waals surface area contributed by atoms with Gasteiger partial charge in [-0.1, -0.05) is 18.2 Å². The van der Waals surface area contributed by atoms with Crippen LogP contribution in [0, 0.1) is 5.92 Å². The summed E-state index contributed by atoms with van der Waals surface area (Å²) in [7, 11) is 1.57. The van der Waals surface area contributed by atoms with E-state index in [1.165, 1.54) is 0 Å². The molecule has 0 radical (unpaired) electrons. The van der Waals surface area contributed by atoms with Crippen molar-refractivity contribution in [1.82, 2.24) is 10.2 Å². The van der Waals surface area contributed by atoms with E-state index in [0.717, 1.165) is 34.7 Å². The van der Waals surface area contributed by atoms with Gasteiger partial charge in [0.2, 0.25) is 5.88 Å². The van der Waals surface area contributed by atoms with Crippen LogP contribution in [0.5, 0.6) is 5.75 Å². The average molecular weight is 361 g/mol. The number of anilines is 1. The molecule has 6 heteroatoms. The number of rotatable bonds is 5. The quantitative estimate of drug-likeness (QED) is 0.573. The molecular weight excluding hydrogens is 342 g/mol. The third-order valence-corrected chi connectivity index (χ3v) is 5.05. The van der Waals surface area contributed by atoms with Crippen molar-refractivity contribution in [3.63, 3.8) is 0 Å². The van der Waals surface area contributed by atoms with Crippen molar-refractivity contribution in [1.29, 1.82) is 0 Å². The monoisotopic (exact) mass is 361 g/mol. The fraction of sp³-hybridized carbons (Fsp3) is 0.238. The molecule has 2 heterocycles. The van der Waals surface area contributed by atoms with Crippen molar-refractivity contribution < 1.29 is 13.9 Å². The van der Waals surface area contributed by atoms with Crippen molar-refractivity contribution in [2.75, 3.05) is 18.6 Å². The molecule has 2 aromatic heterocycles. The van der Waals surface area contributed by atoms with Crippen LogP contribution < -0.4 is 9.64 Å². The summed E-state index contributed by atoms with van der Waals surface area (Å²) in [5, 5.41) is 8.81. The number of carbonyl (C=O) groups is 1. The maximum Gasteiger partial charge on any atom is 0.264 e. The van der Waals surface area contributed by atoms with E-state index in [2.05, 4.69) is 10.2 Å². The summed E-state index contributed by atoms with van der Waals surface area (Å²) in [6.07, 6.45) is 3.99. The molecule has 27 heavy (non-hydrogen) atoms. The van der Waals surface area contributed by atoms with Gasteiger partial charge in [-0.3, -0.25) is 14.8 Å². The van der Waals surface area contributed by atoms with E-state index < -0.39 is 0 Å². The first kappa shape index (κ1) is 15.9. The summed E-state index contributed by atoms with van der Waals surface area (Å²) in [5.74, 6) is 1.49. The number of ether oxygens (including phenoxy) is 1. The number of carbonyl (C=O) groups excluding carboxylic acids is 1. The summed E-state index contributed by atoms with van der Waals surface area (Å²) < 4.78 is 11.5. The predicted molar refractivity (Wildman–Crippen MR) is 103 cm³/mol. The molecule has 1 aliphatic rings. The first-order chi connectivity index (χ1) is 13.2. The Morgan fingerprint density at radius 3 is 2.89 bits per heavy atom. The van der Waals surface area contributed by atoms with Crippen LogP contribution in [0.3, 0.4) is 0 Å². The highest BCUT2D eigenvalue weighted by Crippen LogP contribution is 2.35. The van der Waals surface area contributed by atoms with Gasteiger partial charge in [-0.25, -0.2) is 0 Å². The lowest BCUT2D eigenvalue weighted by atomic mass is 10.1. The van der Waals surface area contributed by atoms with E-state index in [4.69, 9.17) is 9.15 Å². The molecule has 0 saturated heterocycles. The lowest BCUT2D eigenvalue weighted by Gasteiger charge is -2.21. The van der Waals surface area contributed by atoms with E-state index in [-0.39, 0.29) is 5.91 Å². The number of amides is 1. The van der Waals surface area contributed by atoms with Crippen LogP contribution in [0.2, 0.25) is 0 Å². The van der Waals surface area contributed by atoms with Gasteiger partial charge in [0.25, 0.3) is 5.91 Å². The molecule has 0 bridgehead atoms. The Balaban J connectivity index is 1.60. The molecule has 0 aliphatic heterocycles. The van der Waals surface area contributed by atoms with E-state index >= 15 is 0 Å². The normalized spacial score (nSPS) is 14.0. The van der Waals surface area contributed by atoms with E-state index in [0.29, 0.717) is 29.7 Å². The highest BCUT2D eigenvalue weighted by atomic mass is 16.5. The van der Waals surface area contributed by atoms with E-state index in [1.807, 2.05) is 42.5 Å². The number of methoxy groups -OCH3 is 1. The number of nitrogens with one attached hydrogen (secondary N) is 1. The molecule has 5 rings (SSSR count). The molecule has 4 aromatic rings. The number of fused-ring (bicyclic) bond motifs is 2. The van der Waals surface area contributed by atoms with Gasteiger partial charge in [-0.2, -0.15) is 5.10 Å². The second-order valence-electron chi connectivity index (χ2n) is 6.99. The van der Waals surface area contributed by atoms with Crippen molar-refractivity contribution in [3.05, 3.63) is 54.2 Å². The zero-order chi connectivity index (χ0) is 18.4. The fourth-order valence-corrected chi connectivity index (χ4v) is 3.39. The maximum absolute atomic E-state index is 13.5. The van der Waals surface area contributed by atoms with Gasteiger partial charge in [0, 0.05) is 29.4 Å². The summed E-state index contributed by atoms with van der Waals surface area (Å²) in [4.78, 5) is 15.2. The van der Waals surface area contributed by atoms with Crippen molar-refractivity contribution in [2.24, 2.45) is 5.92 Å². The number of H-pyrrole nitrogens is 1.